The molecular formula is C20H23NO2S. The largest absolute Gasteiger partial charge is 0.507 e. The van der Waals surface area contributed by atoms with Crippen LogP contribution in [0.2, 0.25) is 0 Å². The summed E-state index contributed by atoms with van der Waals surface area (Å²) in [4.78, 5) is 0.352. The van der Waals surface area contributed by atoms with Gasteiger partial charge >= 0.3 is 0 Å². The molecule has 0 aliphatic carbocycles. The third-order valence-corrected chi connectivity index (χ3v) is 5.82. The van der Waals surface area contributed by atoms with Gasteiger partial charge in [0.1, 0.15) is 16.5 Å². The van der Waals surface area contributed by atoms with Crippen molar-refractivity contribution >= 4 is 17.2 Å². The average molecular weight is 341 g/mol. The molecule has 24 heavy (non-hydrogen) atoms. The first-order valence-corrected chi connectivity index (χ1v) is 8.53. The maximum atomic E-state index is 10.4. The van der Waals surface area contributed by atoms with Crippen LogP contribution in [-0.4, -0.2) is 15.7 Å². The number of phenolic OH excluding ortho intramolecular Hbond substituents is 1. The summed E-state index contributed by atoms with van der Waals surface area (Å²) in [5.74, 6) is 1.16. The quantitative estimate of drug-likeness (QED) is 0.808. The van der Waals surface area contributed by atoms with Gasteiger partial charge in [-0.05, 0) is 56.4 Å². The van der Waals surface area contributed by atoms with Crippen molar-refractivity contribution in [1.82, 2.24) is 0 Å². The predicted octanol–water partition coefficient (Wildman–Crippen LogP) is 4.08. The molecule has 0 aromatic heterocycles. The SMILES string of the molecule is Cc1c(C)c2c(c(C)c1O)CC(c1ccccc1)C(C)(C(N)=S)O2. The van der Waals surface area contributed by atoms with Crippen LogP contribution in [0.25, 0.3) is 0 Å². The smallest absolute Gasteiger partial charge is 0.163 e. The van der Waals surface area contributed by atoms with E-state index in [0.717, 1.165) is 40.0 Å². The second-order valence-corrected chi connectivity index (χ2v) is 7.21. The topological polar surface area (TPSA) is 55.5 Å². The zero-order valence-corrected chi connectivity index (χ0v) is 15.3. The molecule has 2 atom stereocenters. The van der Waals surface area contributed by atoms with Gasteiger partial charge in [0, 0.05) is 11.5 Å². The Balaban J connectivity index is 2.23. The molecule has 4 heteroatoms. The molecule has 1 heterocycles. The maximum absolute atomic E-state index is 10.4. The molecule has 0 amide bonds. The van der Waals surface area contributed by atoms with Crippen molar-refractivity contribution in [2.24, 2.45) is 5.73 Å². The summed E-state index contributed by atoms with van der Waals surface area (Å²) in [6, 6.07) is 10.2. The molecule has 3 nitrogen and oxygen atoms in total. The average Bonchev–Trinajstić information content (AvgIpc) is 2.58. The molecule has 0 fully saturated rings. The zero-order chi connectivity index (χ0) is 17.6. The van der Waals surface area contributed by atoms with Gasteiger partial charge in [0.15, 0.2) is 5.60 Å². The number of aromatic hydroxyl groups is 1. The molecule has 2 unspecified atom stereocenters. The number of hydrogen-bond donors (Lipinski definition) is 2. The number of phenols is 1. The number of nitrogens with two attached hydrogens (primary N) is 1. The van der Waals surface area contributed by atoms with Crippen LogP contribution in [-0.2, 0) is 6.42 Å². The number of rotatable bonds is 2. The highest BCUT2D eigenvalue weighted by Crippen LogP contribution is 2.48. The molecule has 3 rings (SSSR count). The molecule has 1 aliphatic heterocycles. The summed E-state index contributed by atoms with van der Waals surface area (Å²) in [6.07, 6.45) is 0.730. The molecule has 2 aromatic carbocycles. The van der Waals surface area contributed by atoms with Crippen LogP contribution in [0.5, 0.6) is 11.5 Å². The van der Waals surface area contributed by atoms with E-state index in [-0.39, 0.29) is 5.92 Å². The van der Waals surface area contributed by atoms with E-state index >= 15 is 0 Å². The van der Waals surface area contributed by atoms with Crippen molar-refractivity contribution < 1.29 is 9.84 Å². The van der Waals surface area contributed by atoms with Crippen molar-refractivity contribution in [2.45, 2.75) is 45.6 Å². The Morgan fingerprint density at radius 3 is 2.38 bits per heavy atom. The Morgan fingerprint density at radius 2 is 1.79 bits per heavy atom. The van der Waals surface area contributed by atoms with Gasteiger partial charge in [0.05, 0.1) is 0 Å². The van der Waals surface area contributed by atoms with Gasteiger partial charge in [0.25, 0.3) is 0 Å². The first-order chi connectivity index (χ1) is 11.3. The van der Waals surface area contributed by atoms with Gasteiger partial charge in [-0.25, -0.2) is 0 Å². The lowest BCUT2D eigenvalue weighted by Gasteiger charge is -2.43. The maximum Gasteiger partial charge on any atom is 0.163 e. The van der Waals surface area contributed by atoms with Crippen LogP contribution < -0.4 is 10.5 Å². The fourth-order valence-corrected chi connectivity index (χ4v) is 3.76. The standard InChI is InChI=1S/C20H23NO2S/c1-11-12(2)18-15(13(3)17(11)22)10-16(14-8-6-5-7-9-14)20(4,23-18)19(21)24/h5-9,16,22H,10H2,1-4H3,(H2,21,24). The highest BCUT2D eigenvalue weighted by Gasteiger charge is 2.45. The molecule has 0 radical (unpaired) electrons. The third kappa shape index (κ3) is 2.37. The van der Waals surface area contributed by atoms with Crippen LogP contribution in [0.3, 0.4) is 0 Å². The Labute approximate surface area is 148 Å². The lowest BCUT2D eigenvalue weighted by atomic mass is 9.75. The van der Waals surface area contributed by atoms with E-state index in [1.54, 1.807) is 0 Å². The molecule has 0 bridgehead atoms. The highest BCUT2D eigenvalue weighted by molar-refractivity contribution is 7.80. The van der Waals surface area contributed by atoms with E-state index in [0.29, 0.717) is 10.7 Å². The summed E-state index contributed by atoms with van der Waals surface area (Å²) in [7, 11) is 0. The lowest BCUT2D eigenvalue weighted by Crippen LogP contribution is -2.53. The summed E-state index contributed by atoms with van der Waals surface area (Å²) in [5, 5.41) is 10.4. The Hall–Kier alpha value is -2.07. The van der Waals surface area contributed by atoms with Crippen molar-refractivity contribution in [3.8, 4) is 11.5 Å². The summed E-state index contributed by atoms with van der Waals surface area (Å²) < 4.78 is 6.42. The first kappa shape index (κ1) is 16.8. The van der Waals surface area contributed by atoms with Crippen LogP contribution >= 0.6 is 12.2 Å². The zero-order valence-electron chi connectivity index (χ0n) is 14.5. The fraction of sp³-hybridized carbons (Fsp3) is 0.350. The number of fused-ring (bicyclic) bond motifs is 1. The fourth-order valence-electron chi connectivity index (χ4n) is 3.58. The minimum absolute atomic E-state index is 0.00362. The lowest BCUT2D eigenvalue weighted by molar-refractivity contribution is 0.109. The normalized spacial score (nSPS) is 22.6. The van der Waals surface area contributed by atoms with Gasteiger partial charge in [-0.3, -0.25) is 0 Å². The van der Waals surface area contributed by atoms with Gasteiger partial charge < -0.3 is 15.6 Å². The van der Waals surface area contributed by atoms with Crippen LogP contribution in [0.4, 0.5) is 0 Å². The van der Waals surface area contributed by atoms with Crippen LogP contribution in [0.15, 0.2) is 30.3 Å². The van der Waals surface area contributed by atoms with Crippen LogP contribution in [0, 0.1) is 20.8 Å². The summed E-state index contributed by atoms with van der Waals surface area (Å²) in [6.45, 7) is 7.78. The van der Waals surface area contributed by atoms with Crippen molar-refractivity contribution in [1.29, 1.82) is 0 Å². The molecule has 0 spiro atoms. The van der Waals surface area contributed by atoms with Crippen molar-refractivity contribution in [3.63, 3.8) is 0 Å². The number of ether oxygens (including phenoxy) is 1. The van der Waals surface area contributed by atoms with Gasteiger partial charge in [-0.1, -0.05) is 42.5 Å². The monoisotopic (exact) mass is 341 g/mol. The molecule has 0 saturated heterocycles. The minimum Gasteiger partial charge on any atom is -0.507 e. The van der Waals surface area contributed by atoms with Gasteiger partial charge in [-0.2, -0.15) is 0 Å². The summed E-state index contributed by atoms with van der Waals surface area (Å²) in [5.41, 5.74) is 10.2. The second-order valence-electron chi connectivity index (χ2n) is 6.77. The van der Waals surface area contributed by atoms with E-state index in [9.17, 15) is 5.11 Å². The molecular weight excluding hydrogens is 318 g/mol. The van der Waals surface area contributed by atoms with Crippen LogP contribution in [0.1, 0.15) is 40.7 Å². The van der Waals surface area contributed by atoms with Gasteiger partial charge in [-0.15, -0.1) is 0 Å². The van der Waals surface area contributed by atoms with E-state index in [2.05, 4.69) is 12.1 Å². The van der Waals surface area contributed by atoms with E-state index in [4.69, 9.17) is 22.7 Å². The number of benzene rings is 2. The summed E-state index contributed by atoms with van der Waals surface area (Å²) >= 11 is 5.37. The van der Waals surface area contributed by atoms with Gasteiger partial charge in [0.2, 0.25) is 0 Å². The Bertz CT molecular complexity index is 816. The molecule has 126 valence electrons. The van der Waals surface area contributed by atoms with E-state index < -0.39 is 5.60 Å². The molecule has 1 aliphatic rings. The Morgan fingerprint density at radius 1 is 1.17 bits per heavy atom. The number of thiocarbonyl (C=S) groups is 1. The van der Waals surface area contributed by atoms with Crippen molar-refractivity contribution in [2.75, 3.05) is 0 Å². The van der Waals surface area contributed by atoms with E-state index in [1.165, 1.54) is 0 Å². The number of hydrogen-bond acceptors (Lipinski definition) is 3. The molecule has 3 N–H and O–H groups in total. The molecule has 2 aromatic rings. The highest BCUT2D eigenvalue weighted by atomic mass is 32.1. The van der Waals surface area contributed by atoms with E-state index in [1.807, 2.05) is 45.9 Å². The molecule has 0 saturated carbocycles. The predicted molar refractivity (Wildman–Crippen MR) is 101 cm³/mol. The minimum atomic E-state index is -0.760. The van der Waals surface area contributed by atoms with Crippen molar-refractivity contribution in [3.05, 3.63) is 58.1 Å². The first-order valence-electron chi connectivity index (χ1n) is 8.12. The third-order valence-electron chi connectivity index (χ3n) is 5.42. The Kier molecular flexibility index (Phi) is 4.04. The second kappa shape index (κ2) is 5.78.